The van der Waals surface area contributed by atoms with Gasteiger partial charge in [-0.3, -0.25) is 0 Å². The molecule has 0 spiro atoms. The van der Waals surface area contributed by atoms with E-state index in [9.17, 15) is 5.11 Å². The van der Waals surface area contributed by atoms with Gasteiger partial charge in [0, 0.05) is 6.04 Å². The van der Waals surface area contributed by atoms with Gasteiger partial charge in [-0.05, 0) is 52.0 Å². The first-order chi connectivity index (χ1) is 6.68. The standard InChI is InChI=1S/C12H23NO/c1-10(8-11(2)14)13-9-12-6-4-3-5-7-12/h3-4,10-14H,5-9H2,1-2H3. The maximum Gasteiger partial charge on any atom is 0.0526 e. The Hall–Kier alpha value is -0.340. The second-order valence-electron chi connectivity index (χ2n) is 4.54. The molecule has 0 saturated carbocycles. The van der Waals surface area contributed by atoms with E-state index in [1.807, 2.05) is 6.92 Å². The zero-order valence-electron chi connectivity index (χ0n) is 9.37. The van der Waals surface area contributed by atoms with E-state index in [2.05, 4.69) is 24.4 Å². The van der Waals surface area contributed by atoms with Crippen LogP contribution in [0.4, 0.5) is 0 Å². The smallest absolute Gasteiger partial charge is 0.0526 e. The minimum atomic E-state index is -0.191. The third kappa shape index (κ3) is 4.77. The highest BCUT2D eigenvalue weighted by Gasteiger charge is 2.11. The van der Waals surface area contributed by atoms with E-state index < -0.39 is 0 Å². The maximum atomic E-state index is 9.21. The summed E-state index contributed by atoms with van der Waals surface area (Å²) in [6.07, 6.45) is 8.98. The molecule has 82 valence electrons. The van der Waals surface area contributed by atoms with Crippen LogP contribution < -0.4 is 5.32 Å². The highest BCUT2D eigenvalue weighted by Crippen LogP contribution is 2.17. The van der Waals surface area contributed by atoms with Gasteiger partial charge in [0.15, 0.2) is 0 Å². The van der Waals surface area contributed by atoms with E-state index in [1.54, 1.807) is 0 Å². The summed E-state index contributed by atoms with van der Waals surface area (Å²) in [5, 5.41) is 12.7. The lowest BCUT2D eigenvalue weighted by Crippen LogP contribution is -2.33. The average Bonchev–Trinajstić information content (AvgIpc) is 2.15. The molecule has 1 aliphatic rings. The Kier molecular flexibility index (Phi) is 5.20. The normalized spacial score (nSPS) is 26.1. The van der Waals surface area contributed by atoms with Gasteiger partial charge in [-0.25, -0.2) is 0 Å². The van der Waals surface area contributed by atoms with Gasteiger partial charge in [-0.2, -0.15) is 0 Å². The van der Waals surface area contributed by atoms with E-state index in [4.69, 9.17) is 0 Å². The van der Waals surface area contributed by atoms with Crippen molar-refractivity contribution in [1.29, 1.82) is 0 Å². The number of hydrogen-bond acceptors (Lipinski definition) is 2. The van der Waals surface area contributed by atoms with Crippen molar-refractivity contribution < 1.29 is 5.11 Å². The Morgan fingerprint density at radius 3 is 2.79 bits per heavy atom. The van der Waals surface area contributed by atoms with Crippen LogP contribution in [0.3, 0.4) is 0 Å². The highest BCUT2D eigenvalue weighted by atomic mass is 16.3. The number of rotatable bonds is 5. The van der Waals surface area contributed by atoms with Crippen LogP contribution >= 0.6 is 0 Å². The lowest BCUT2D eigenvalue weighted by molar-refractivity contribution is 0.169. The predicted octanol–water partition coefficient (Wildman–Crippen LogP) is 2.09. The Balaban J connectivity index is 2.10. The van der Waals surface area contributed by atoms with E-state index >= 15 is 0 Å². The molecule has 2 nitrogen and oxygen atoms in total. The topological polar surface area (TPSA) is 32.3 Å². The lowest BCUT2D eigenvalue weighted by atomic mass is 9.94. The second-order valence-corrected chi connectivity index (χ2v) is 4.54. The van der Waals surface area contributed by atoms with E-state index in [1.165, 1.54) is 19.3 Å². The van der Waals surface area contributed by atoms with Gasteiger partial charge in [-0.1, -0.05) is 12.2 Å². The molecule has 0 fully saturated rings. The zero-order chi connectivity index (χ0) is 10.4. The molecule has 14 heavy (non-hydrogen) atoms. The lowest BCUT2D eigenvalue weighted by Gasteiger charge is -2.22. The number of allylic oxidation sites excluding steroid dienone is 2. The molecule has 0 radical (unpaired) electrons. The fraction of sp³-hybridized carbons (Fsp3) is 0.833. The van der Waals surface area contributed by atoms with Gasteiger partial charge < -0.3 is 10.4 Å². The Labute approximate surface area is 87.4 Å². The minimum absolute atomic E-state index is 0.191. The quantitative estimate of drug-likeness (QED) is 0.661. The van der Waals surface area contributed by atoms with Gasteiger partial charge in [0.2, 0.25) is 0 Å². The Morgan fingerprint density at radius 2 is 2.21 bits per heavy atom. The highest BCUT2D eigenvalue weighted by molar-refractivity contribution is 4.90. The molecular weight excluding hydrogens is 174 g/mol. The monoisotopic (exact) mass is 197 g/mol. The molecule has 0 amide bonds. The first kappa shape index (κ1) is 11.7. The zero-order valence-corrected chi connectivity index (χ0v) is 9.37. The third-order valence-corrected chi connectivity index (χ3v) is 2.83. The molecule has 0 aromatic heterocycles. The summed E-state index contributed by atoms with van der Waals surface area (Å²) in [6, 6.07) is 0.431. The van der Waals surface area contributed by atoms with Crippen molar-refractivity contribution in [3.05, 3.63) is 12.2 Å². The molecule has 0 bridgehead atoms. The number of aliphatic hydroxyl groups excluding tert-OH is 1. The van der Waals surface area contributed by atoms with Crippen molar-refractivity contribution in [1.82, 2.24) is 5.32 Å². The van der Waals surface area contributed by atoms with Crippen molar-refractivity contribution >= 4 is 0 Å². The van der Waals surface area contributed by atoms with Crippen molar-refractivity contribution in [3.63, 3.8) is 0 Å². The van der Waals surface area contributed by atoms with Crippen molar-refractivity contribution in [2.45, 2.75) is 51.7 Å². The van der Waals surface area contributed by atoms with E-state index in [0.29, 0.717) is 6.04 Å². The Bertz CT molecular complexity index is 177. The number of hydrogen-bond donors (Lipinski definition) is 2. The van der Waals surface area contributed by atoms with Gasteiger partial charge >= 0.3 is 0 Å². The molecule has 2 heteroatoms. The number of aliphatic hydroxyl groups is 1. The van der Waals surface area contributed by atoms with Gasteiger partial charge in [0.1, 0.15) is 0 Å². The molecule has 0 aliphatic heterocycles. The van der Waals surface area contributed by atoms with Crippen molar-refractivity contribution in [2.75, 3.05) is 6.54 Å². The van der Waals surface area contributed by atoms with Crippen LogP contribution in [0.25, 0.3) is 0 Å². The molecule has 0 saturated heterocycles. The van der Waals surface area contributed by atoms with Crippen LogP contribution in [-0.2, 0) is 0 Å². The second kappa shape index (κ2) is 6.20. The summed E-state index contributed by atoms with van der Waals surface area (Å²) < 4.78 is 0. The Morgan fingerprint density at radius 1 is 1.43 bits per heavy atom. The van der Waals surface area contributed by atoms with Gasteiger partial charge in [-0.15, -0.1) is 0 Å². The molecule has 3 atom stereocenters. The molecular formula is C12H23NO. The third-order valence-electron chi connectivity index (χ3n) is 2.83. The molecule has 1 rings (SSSR count). The van der Waals surface area contributed by atoms with Crippen molar-refractivity contribution in [3.8, 4) is 0 Å². The first-order valence-corrected chi connectivity index (χ1v) is 5.75. The fourth-order valence-corrected chi connectivity index (χ4v) is 2.00. The molecule has 2 N–H and O–H groups in total. The van der Waals surface area contributed by atoms with Crippen LogP contribution in [-0.4, -0.2) is 23.8 Å². The average molecular weight is 197 g/mol. The minimum Gasteiger partial charge on any atom is -0.393 e. The molecule has 0 heterocycles. The van der Waals surface area contributed by atoms with E-state index in [-0.39, 0.29) is 6.10 Å². The van der Waals surface area contributed by atoms with Crippen LogP contribution in [0.1, 0.15) is 39.5 Å². The molecule has 0 aromatic carbocycles. The predicted molar refractivity (Wildman–Crippen MR) is 60.2 cm³/mol. The van der Waals surface area contributed by atoms with Crippen LogP contribution in [0.2, 0.25) is 0 Å². The summed E-state index contributed by atoms with van der Waals surface area (Å²) >= 11 is 0. The van der Waals surface area contributed by atoms with Crippen LogP contribution in [0, 0.1) is 5.92 Å². The summed E-state index contributed by atoms with van der Waals surface area (Å²) in [6.45, 7) is 5.09. The van der Waals surface area contributed by atoms with Gasteiger partial charge in [0.25, 0.3) is 0 Å². The van der Waals surface area contributed by atoms with Crippen molar-refractivity contribution in [2.24, 2.45) is 5.92 Å². The molecule has 0 aromatic rings. The summed E-state index contributed by atoms with van der Waals surface area (Å²) in [4.78, 5) is 0. The summed E-state index contributed by atoms with van der Waals surface area (Å²) in [7, 11) is 0. The molecule has 1 aliphatic carbocycles. The summed E-state index contributed by atoms with van der Waals surface area (Å²) in [5.74, 6) is 0.802. The summed E-state index contributed by atoms with van der Waals surface area (Å²) in [5.41, 5.74) is 0. The largest absolute Gasteiger partial charge is 0.393 e. The molecule has 3 unspecified atom stereocenters. The maximum absolute atomic E-state index is 9.21. The SMILES string of the molecule is CC(O)CC(C)NCC1CC=CCC1. The first-order valence-electron chi connectivity index (χ1n) is 5.75. The fourth-order valence-electron chi connectivity index (χ4n) is 2.00. The van der Waals surface area contributed by atoms with Gasteiger partial charge in [0.05, 0.1) is 6.10 Å². The van der Waals surface area contributed by atoms with Crippen LogP contribution in [0.5, 0.6) is 0 Å². The number of nitrogens with one attached hydrogen (secondary N) is 1. The van der Waals surface area contributed by atoms with E-state index in [0.717, 1.165) is 18.9 Å². The van der Waals surface area contributed by atoms with Crippen LogP contribution in [0.15, 0.2) is 12.2 Å².